The molecule has 3 fully saturated rings. The number of ether oxygens (including phenoxy) is 1. The number of hydrogen-bond donors (Lipinski definition) is 1. The number of carbonyl (C=O) groups is 1. The molecule has 1 spiro atoms. The van der Waals surface area contributed by atoms with Crippen LogP contribution in [0, 0.1) is 18.8 Å². The monoisotopic (exact) mass is 307 g/mol. The molecule has 7 heteroatoms. The molecule has 1 aromatic heterocycles. The van der Waals surface area contributed by atoms with E-state index in [0.717, 1.165) is 43.4 Å². The quantitative estimate of drug-likeness (QED) is 0.884. The molecular weight excluding hydrogens is 286 g/mol. The molecule has 4 atom stereocenters. The van der Waals surface area contributed by atoms with Crippen molar-refractivity contribution in [2.24, 2.45) is 11.8 Å². The number of hydrogen-bond acceptors (Lipinski definition) is 5. The molecule has 0 radical (unpaired) electrons. The maximum atomic E-state index is 12.2. The van der Waals surface area contributed by atoms with Crippen LogP contribution in [-0.4, -0.2) is 33.9 Å². The van der Waals surface area contributed by atoms with Crippen molar-refractivity contribution in [2.75, 3.05) is 6.61 Å². The first-order valence-corrected chi connectivity index (χ1v) is 8.06. The minimum absolute atomic E-state index is 0.0253. The highest BCUT2D eigenvalue weighted by Crippen LogP contribution is 2.59. The molecule has 0 aromatic carbocycles. The van der Waals surface area contributed by atoms with E-state index in [4.69, 9.17) is 9.15 Å². The number of aryl methyl sites for hydroxylation is 1. The van der Waals surface area contributed by atoms with Gasteiger partial charge in [-0.3, -0.25) is 4.79 Å². The number of carbonyl (C=O) groups excluding carboxylic acids is 1. The molecule has 1 amide bonds. The maximum absolute atomic E-state index is 12.2. The molecule has 2 aliphatic carbocycles. The molecule has 1 saturated heterocycles. The van der Waals surface area contributed by atoms with Crippen LogP contribution in [-0.2, 0) is 16.1 Å². The number of amides is 1. The Kier molecular flexibility index (Phi) is 3.14. The van der Waals surface area contributed by atoms with Crippen molar-refractivity contribution < 1.29 is 13.9 Å². The van der Waals surface area contributed by atoms with Gasteiger partial charge in [0, 0.05) is 25.5 Å². The molecule has 4 rings (SSSR count). The van der Waals surface area contributed by atoms with Gasteiger partial charge in [0.05, 0.1) is 5.60 Å². The largest absolute Gasteiger partial charge is 0.437 e. The average molecular weight is 307 g/mol. The Morgan fingerprint density at radius 2 is 2.36 bits per heavy atom. The topological polar surface area (TPSA) is 86.4 Å². The lowest BCUT2D eigenvalue weighted by Crippen LogP contribution is -2.64. The summed E-state index contributed by atoms with van der Waals surface area (Å²) in [7, 11) is 0. The maximum Gasteiger partial charge on any atom is 0.437 e. The Morgan fingerprint density at radius 3 is 3.09 bits per heavy atom. The summed E-state index contributed by atoms with van der Waals surface area (Å²) in [5, 5.41) is 6.98. The van der Waals surface area contributed by atoms with Gasteiger partial charge in [0.25, 0.3) is 0 Å². The summed E-state index contributed by atoms with van der Waals surface area (Å²) < 4.78 is 11.9. The summed E-state index contributed by atoms with van der Waals surface area (Å²) in [5.74, 6) is 0.608. The van der Waals surface area contributed by atoms with Crippen molar-refractivity contribution >= 4 is 5.91 Å². The Balaban J connectivity index is 1.42. The molecule has 7 nitrogen and oxygen atoms in total. The Morgan fingerprint density at radius 1 is 1.50 bits per heavy atom. The lowest BCUT2D eigenvalue weighted by molar-refractivity contribution is -0.169. The van der Waals surface area contributed by atoms with Crippen molar-refractivity contribution in [1.29, 1.82) is 0 Å². The molecule has 22 heavy (non-hydrogen) atoms. The van der Waals surface area contributed by atoms with E-state index in [1.165, 1.54) is 0 Å². The summed E-state index contributed by atoms with van der Waals surface area (Å²) in [6, 6.07) is 0.152. The van der Waals surface area contributed by atoms with Gasteiger partial charge in [0.1, 0.15) is 6.54 Å². The summed E-state index contributed by atoms with van der Waals surface area (Å²) in [5.41, 5.74) is 0.0253. The van der Waals surface area contributed by atoms with Crippen molar-refractivity contribution in [3.8, 4) is 0 Å². The van der Waals surface area contributed by atoms with Crippen molar-refractivity contribution in [2.45, 2.75) is 57.2 Å². The van der Waals surface area contributed by atoms with Crippen molar-refractivity contribution in [3.05, 3.63) is 16.4 Å². The van der Waals surface area contributed by atoms with Gasteiger partial charge in [-0.1, -0.05) is 0 Å². The molecule has 1 N–H and O–H groups in total. The molecule has 120 valence electrons. The van der Waals surface area contributed by atoms with E-state index < -0.39 is 5.76 Å². The van der Waals surface area contributed by atoms with Gasteiger partial charge in [0.2, 0.25) is 11.8 Å². The zero-order chi connectivity index (χ0) is 15.3. The van der Waals surface area contributed by atoms with Crippen molar-refractivity contribution in [3.63, 3.8) is 0 Å². The van der Waals surface area contributed by atoms with Crippen molar-refractivity contribution in [1.82, 2.24) is 15.1 Å². The minimum atomic E-state index is -0.587. The zero-order valence-corrected chi connectivity index (χ0v) is 12.7. The van der Waals surface area contributed by atoms with E-state index in [1.807, 2.05) is 0 Å². The van der Waals surface area contributed by atoms with Crippen LogP contribution in [0.15, 0.2) is 9.21 Å². The van der Waals surface area contributed by atoms with Crippen LogP contribution in [0.4, 0.5) is 0 Å². The number of nitrogens with one attached hydrogen (secondary N) is 1. The molecule has 2 heterocycles. The van der Waals surface area contributed by atoms with Gasteiger partial charge in [-0.2, -0.15) is 4.68 Å². The molecule has 0 bridgehead atoms. The molecular formula is C15H21N3O4. The number of aromatic nitrogens is 2. The van der Waals surface area contributed by atoms with Gasteiger partial charge < -0.3 is 14.5 Å². The smallest absolute Gasteiger partial charge is 0.393 e. The summed E-state index contributed by atoms with van der Waals surface area (Å²) >= 11 is 0. The van der Waals surface area contributed by atoms with Gasteiger partial charge in [-0.25, -0.2) is 4.79 Å². The number of nitrogens with zero attached hydrogens (tertiary/aromatic N) is 2. The van der Waals surface area contributed by atoms with E-state index in [1.54, 1.807) is 6.92 Å². The van der Waals surface area contributed by atoms with E-state index in [-0.39, 0.29) is 30.0 Å². The fourth-order valence-corrected chi connectivity index (χ4v) is 4.66. The molecule has 2 saturated carbocycles. The third kappa shape index (κ3) is 2.02. The second kappa shape index (κ2) is 4.94. The average Bonchev–Trinajstić information content (AvgIpc) is 2.90. The second-order valence-electron chi connectivity index (χ2n) is 6.74. The fourth-order valence-electron chi connectivity index (χ4n) is 4.66. The SMILES string of the molecule is Cc1nn(CC(=O)NC2CCCC34OCCC3CC24)c(=O)o1. The third-order valence-electron chi connectivity index (χ3n) is 5.61. The van der Waals surface area contributed by atoms with E-state index >= 15 is 0 Å². The summed E-state index contributed by atoms with van der Waals surface area (Å²) in [6.45, 7) is 2.36. The van der Waals surface area contributed by atoms with E-state index in [9.17, 15) is 9.59 Å². The highest BCUT2D eigenvalue weighted by atomic mass is 16.5. The first kappa shape index (κ1) is 14.0. The second-order valence-corrected chi connectivity index (χ2v) is 6.74. The van der Waals surface area contributed by atoms with E-state index in [2.05, 4.69) is 10.4 Å². The Hall–Kier alpha value is -1.63. The molecule has 1 aliphatic heterocycles. The van der Waals surface area contributed by atoms with Crippen LogP contribution in [0.5, 0.6) is 0 Å². The highest BCUT2D eigenvalue weighted by molar-refractivity contribution is 5.76. The van der Waals surface area contributed by atoms with Gasteiger partial charge in [-0.05, 0) is 38.0 Å². The highest BCUT2D eigenvalue weighted by Gasteiger charge is 2.62. The summed E-state index contributed by atoms with van der Waals surface area (Å²) in [6.07, 6.45) is 5.50. The van der Waals surface area contributed by atoms with Crippen LogP contribution >= 0.6 is 0 Å². The lowest BCUT2D eigenvalue weighted by Gasteiger charge is -2.57. The predicted octanol–water partition coefficient (Wildman–Crippen LogP) is 0.609. The molecule has 3 aliphatic rings. The molecule has 4 unspecified atom stereocenters. The van der Waals surface area contributed by atoms with Gasteiger partial charge in [0.15, 0.2) is 0 Å². The van der Waals surface area contributed by atoms with Gasteiger partial charge in [-0.15, -0.1) is 5.10 Å². The van der Waals surface area contributed by atoms with Crippen LogP contribution in [0.3, 0.4) is 0 Å². The van der Waals surface area contributed by atoms with Crippen LogP contribution < -0.4 is 11.1 Å². The first-order chi connectivity index (χ1) is 10.6. The van der Waals surface area contributed by atoms with Crippen LogP contribution in [0.25, 0.3) is 0 Å². The Bertz CT molecular complexity index is 651. The van der Waals surface area contributed by atoms with E-state index in [0.29, 0.717) is 11.8 Å². The third-order valence-corrected chi connectivity index (χ3v) is 5.61. The van der Waals surface area contributed by atoms with Crippen LogP contribution in [0.1, 0.15) is 38.0 Å². The number of rotatable bonds is 3. The first-order valence-electron chi connectivity index (χ1n) is 8.06. The van der Waals surface area contributed by atoms with Gasteiger partial charge >= 0.3 is 5.76 Å². The zero-order valence-electron chi connectivity index (χ0n) is 12.7. The standard InChI is InChI=1S/C15H21N3O4/c1-9-17-18(14(20)22-9)8-13(19)16-12-3-2-5-15-10(4-6-21-15)7-11(12)15/h10-12H,2-8H2,1H3,(H,16,19). The van der Waals surface area contributed by atoms with Crippen LogP contribution in [0.2, 0.25) is 0 Å². The Labute approximate surface area is 128 Å². The minimum Gasteiger partial charge on any atom is -0.393 e. The fraction of sp³-hybridized carbons (Fsp3) is 0.800. The summed E-state index contributed by atoms with van der Waals surface area (Å²) in [4.78, 5) is 23.7. The predicted molar refractivity (Wildman–Crippen MR) is 76.2 cm³/mol. The lowest BCUT2D eigenvalue weighted by atomic mass is 9.53. The molecule has 1 aromatic rings. The normalized spacial score (nSPS) is 36.3.